The van der Waals surface area contributed by atoms with Gasteiger partial charge in [-0.3, -0.25) is 3.97 Å². The third-order valence-corrected chi connectivity index (χ3v) is 7.73. The maximum Gasteiger partial charge on any atom is 0.224 e. The summed E-state index contributed by atoms with van der Waals surface area (Å²) in [4.78, 5) is 16.5. The maximum atomic E-state index is 14.7. The van der Waals surface area contributed by atoms with Crippen LogP contribution in [0.1, 0.15) is 25.7 Å². The van der Waals surface area contributed by atoms with Crippen LogP contribution in [0.5, 0.6) is 0 Å². The van der Waals surface area contributed by atoms with Gasteiger partial charge in [-0.25, -0.2) is 33.1 Å². The van der Waals surface area contributed by atoms with Gasteiger partial charge in [0, 0.05) is 71.8 Å². The number of halogens is 5. The van der Waals surface area contributed by atoms with E-state index in [0.717, 1.165) is 31.5 Å². The number of fused-ring (bicyclic) bond motifs is 1. The highest BCUT2D eigenvalue weighted by molar-refractivity contribution is 14.2. The Kier molecular flexibility index (Phi) is 7.21. The highest BCUT2D eigenvalue weighted by Crippen LogP contribution is 2.36. The molecule has 5 rings (SSSR count). The zero-order valence-electron chi connectivity index (χ0n) is 18.0. The first-order chi connectivity index (χ1) is 16.9. The zero-order valence-corrected chi connectivity index (χ0v) is 21.7. The van der Waals surface area contributed by atoms with E-state index in [1.165, 1.54) is 15.2 Å². The van der Waals surface area contributed by atoms with Gasteiger partial charge in [0.15, 0.2) is 23.3 Å². The molecule has 0 spiro atoms. The van der Waals surface area contributed by atoms with E-state index in [-0.39, 0.29) is 34.5 Å². The summed E-state index contributed by atoms with van der Waals surface area (Å²) in [6.07, 6.45) is 7.68. The minimum absolute atomic E-state index is 0.0445. The Hall–Kier alpha value is -2.32. The molecule has 3 heterocycles. The van der Waals surface area contributed by atoms with Gasteiger partial charge in [0.1, 0.15) is 11.6 Å². The number of anilines is 2. The zero-order chi connectivity index (χ0) is 24.5. The normalized spacial score (nSPS) is 18.1. The summed E-state index contributed by atoms with van der Waals surface area (Å²) >= 11 is 7.87. The molecule has 13 heteroatoms. The lowest BCUT2D eigenvalue weighted by molar-refractivity contribution is 0.424. The van der Waals surface area contributed by atoms with Gasteiger partial charge in [0.05, 0.1) is 11.7 Å². The summed E-state index contributed by atoms with van der Waals surface area (Å²) in [5, 5.41) is 7.02. The second-order valence-electron chi connectivity index (χ2n) is 8.17. The SMILES string of the molecule is Fc1cc(F)c2c(c1)c(-c1ncc(F)c(N[C@@H]3CCC[C@H](Nc4ccnc(Cl)n4)C3)n1)cn2SI. The van der Waals surface area contributed by atoms with Gasteiger partial charge < -0.3 is 10.6 Å². The highest BCUT2D eigenvalue weighted by atomic mass is 127. The van der Waals surface area contributed by atoms with Crippen LogP contribution < -0.4 is 10.6 Å². The molecule has 182 valence electrons. The summed E-state index contributed by atoms with van der Waals surface area (Å²) in [5.41, 5.74) is 0.628. The second-order valence-corrected chi connectivity index (χ2v) is 10.2. The molecule has 1 saturated carbocycles. The number of benzene rings is 1. The molecule has 1 fully saturated rings. The summed E-state index contributed by atoms with van der Waals surface area (Å²) in [6.45, 7) is 0. The molecule has 0 saturated heterocycles. The van der Waals surface area contributed by atoms with Crippen molar-refractivity contribution in [2.24, 2.45) is 0 Å². The molecule has 0 aliphatic heterocycles. The topological polar surface area (TPSA) is 80.6 Å². The molecule has 7 nitrogen and oxygen atoms in total. The smallest absolute Gasteiger partial charge is 0.224 e. The van der Waals surface area contributed by atoms with E-state index < -0.39 is 17.5 Å². The average molecular weight is 632 g/mol. The Balaban J connectivity index is 1.39. The molecule has 2 N–H and O–H groups in total. The largest absolute Gasteiger partial charge is 0.367 e. The van der Waals surface area contributed by atoms with Gasteiger partial charge in [-0.1, -0.05) is 0 Å². The van der Waals surface area contributed by atoms with Crippen molar-refractivity contribution in [3.05, 3.63) is 59.5 Å². The molecule has 1 aromatic carbocycles. The minimum Gasteiger partial charge on any atom is -0.367 e. The molecular formula is C22H18ClF3IN7S. The fourth-order valence-electron chi connectivity index (χ4n) is 4.35. The number of hydrogen-bond acceptors (Lipinski definition) is 7. The van der Waals surface area contributed by atoms with Gasteiger partial charge in [-0.2, -0.15) is 0 Å². The van der Waals surface area contributed by atoms with Crippen molar-refractivity contribution in [2.75, 3.05) is 10.6 Å². The quantitative estimate of drug-likeness (QED) is 0.182. The van der Waals surface area contributed by atoms with E-state index in [9.17, 15) is 13.2 Å². The first kappa shape index (κ1) is 24.4. The highest BCUT2D eigenvalue weighted by Gasteiger charge is 2.25. The van der Waals surface area contributed by atoms with Gasteiger partial charge in [-0.15, -0.1) is 0 Å². The van der Waals surface area contributed by atoms with Gasteiger partial charge >= 0.3 is 0 Å². The molecule has 0 radical (unpaired) electrons. The summed E-state index contributed by atoms with van der Waals surface area (Å²) in [7, 11) is 1.23. The summed E-state index contributed by atoms with van der Waals surface area (Å²) < 4.78 is 44.7. The lowest BCUT2D eigenvalue weighted by Crippen LogP contribution is -2.35. The van der Waals surface area contributed by atoms with Crippen molar-refractivity contribution in [3.63, 3.8) is 0 Å². The summed E-state index contributed by atoms with van der Waals surface area (Å²) in [6, 6.07) is 3.87. The van der Waals surface area contributed by atoms with Crippen LogP contribution in [0.2, 0.25) is 5.28 Å². The molecule has 4 aromatic rings. The fraction of sp³-hybridized carbons (Fsp3) is 0.273. The van der Waals surface area contributed by atoms with Crippen molar-refractivity contribution < 1.29 is 13.2 Å². The monoisotopic (exact) mass is 631 g/mol. The molecule has 0 amide bonds. The lowest BCUT2D eigenvalue weighted by atomic mass is 9.91. The van der Waals surface area contributed by atoms with Crippen LogP contribution in [0.3, 0.4) is 0 Å². The third-order valence-electron chi connectivity index (χ3n) is 5.84. The maximum absolute atomic E-state index is 14.7. The van der Waals surface area contributed by atoms with Crippen LogP contribution in [0.25, 0.3) is 22.3 Å². The van der Waals surface area contributed by atoms with Gasteiger partial charge in [0.2, 0.25) is 5.28 Å². The first-order valence-corrected chi connectivity index (χ1v) is 14.4. The Morgan fingerprint density at radius 3 is 2.63 bits per heavy atom. The van der Waals surface area contributed by atoms with Crippen LogP contribution >= 0.6 is 41.9 Å². The van der Waals surface area contributed by atoms with Crippen molar-refractivity contribution in [1.29, 1.82) is 0 Å². The van der Waals surface area contributed by atoms with E-state index in [1.807, 2.05) is 21.2 Å². The van der Waals surface area contributed by atoms with Crippen LogP contribution in [0.4, 0.5) is 24.8 Å². The van der Waals surface area contributed by atoms with Crippen LogP contribution in [-0.2, 0) is 0 Å². The number of rotatable bonds is 6. The molecule has 3 aromatic heterocycles. The van der Waals surface area contributed by atoms with E-state index in [0.29, 0.717) is 23.2 Å². The van der Waals surface area contributed by atoms with Crippen molar-refractivity contribution >= 4 is 64.5 Å². The Bertz CT molecular complexity index is 1390. The molecule has 35 heavy (non-hydrogen) atoms. The van der Waals surface area contributed by atoms with E-state index >= 15 is 0 Å². The van der Waals surface area contributed by atoms with Crippen molar-refractivity contribution in [1.82, 2.24) is 23.9 Å². The predicted molar refractivity (Wildman–Crippen MR) is 140 cm³/mol. The van der Waals surface area contributed by atoms with E-state index in [2.05, 4.69) is 30.6 Å². The van der Waals surface area contributed by atoms with Crippen LogP contribution in [-0.4, -0.2) is 36.0 Å². The van der Waals surface area contributed by atoms with Gasteiger partial charge in [-0.05, 0) is 49.4 Å². The van der Waals surface area contributed by atoms with Crippen LogP contribution in [0.15, 0.2) is 36.8 Å². The number of nitrogens with zero attached hydrogens (tertiary/aromatic N) is 5. The lowest BCUT2D eigenvalue weighted by Gasteiger charge is -2.31. The number of nitrogens with one attached hydrogen (secondary N) is 2. The van der Waals surface area contributed by atoms with Crippen molar-refractivity contribution in [2.45, 2.75) is 37.8 Å². The minimum atomic E-state index is -0.710. The van der Waals surface area contributed by atoms with Crippen molar-refractivity contribution in [3.8, 4) is 11.4 Å². The Morgan fingerprint density at radius 2 is 1.86 bits per heavy atom. The van der Waals surface area contributed by atoms with E-state index in [4.69, 9.17) is 11.6 Å². The molecule has 2 atom stereocenters. The van der Waals surface area contributed by atoms with E-state index in [1.54, 1.807) is 22.4 Å². The van der Waals surface area contributed by atoms with Crippen LogP contribution in [0, 0.1) is 17.5 Å². The summed E-state index contributed by atoms with van der Waals surface area (Å²) in [5.74, 6) is -1.15. The first-order valence-electron chi connectivity index (χ1n) is 10.7. The number of hydrogen-bond donors (Lipinski definition) is 2. The molecular weight excluding hydrogens is 614 g/mol. The number of aromatic nitrogens is 5. The Morgan fingerprint density at radius 1 is 1.06 bits per heavy atom. The third kappa shape index (κ3) is 5.28. The second kappa shape index (κ2) is 10.3. The standard InChI is InChI=1S/C22H18ClF3IN7S/c23-22-28-5-4-18(32-22)30-12-2-1-3-13(8-12)31-21-17(26)9-29-20(33-21)15-10-34(35-27)19-14(15)6-11(24)7-16(19)25/h4-7,9-10,12-13H,1-3,8H2,(H,28,30,32)(H,29,31,33)/t12-,13+/m0/s1. The molecule has 0 unspecified atom stereocenters. The van der Waals surface area contributed by atoms with Gasteiger partial charge in [0.25, 0.3) is 0 Å². The fourth-order valence-corrected chi connectivity index (χ4v) is 5.83. The predicted octanol–water partition coefficient (Wildman–Crippen LogP) is 6.64. The average Bonchev–Trinajstić information content (AvgIpc) is 3.20. The molecule has 1 aliphatic rings. The molecule has 1 aliphatic carbocycles. The molecule has 0 bridgehead atoms. The Labute approximate surface area is 220 Å².